The molecule has 7 nitrogen and oxygen atoms in total. The number of amides is 1. The summed E-state index contributed by atoms with van der Waals surface area (Å²) in [4.78, 5) is 22.4. The smallest absolute Gasteiger partial charge is 0.271 e. The van der Waals surface area contributed by atoms with E-state index in [1.54, 1.807) is 18.3 Å². The minimum Gasteiger partial charge on any atom is -0.350 e. The molecule has 7 heteroatoms. The molecule has 1 aliphatic heterocycles. The Morgan fingerprint density at radius 1 is 1.28 bits per heavy atom. The van der Waals surface area contributed by atoms with Gasteiger partial charge in [0.25, 0.3) is 5.91 Å². The van der Waals surface area contributed by atoms with Crippen LogP contribution >= 0.6 is 0 Å². The van der Waals surface area contributed by atoms with E-state index in [4.69, 9.17) is 0 Å². The van der Waals surface area contributed by atoms with Crippen molar-refractivity contribution >= 4 is 16.9 Å². The molecule has 3 aromatic rings. The lowest BCUT2D eigenvalue weighted by Gasteiger charge is -2.14. The summed E-state index contributed by atoms with van der Waals surface area (Å²) in [5, 5.41) is 10.5. The highest BCUT2D eigenvalue weighted by molar-refractivity contribution is 5.91. The van der Waals surface area contributed by atoms with Crippen molar-refractivity contribution in [3.05, 3.63) is 54.1 Å². The minimum absolute atomic E-state index is 0.163. The number of nitrogens with zero attached hydrogens (tertiary/aromatic N) is 4. The zero-order valence-corrected chi connectivity index (χ0v) is 13.9. The highest BCUT2D eigenvalue weighted by Crippen LogP contribution is 2.18. The van der Waals surface area contributed by atoms with Gasteiger partial charge in [0.15, 0.2) is 5.69 Å². The molecule has 25 heavy (non-hydrogen) atoms. The SMILES string of the molecule is O=C(NCC1CCN(Cc2nc3ccccc3[nH]2)C1)c1cccnn1. The van der Waals surface area contributed by atoms with Crippen LogP contribution in [0.25, 0.3) is 11.0 Å². The maximum absolute atomic E-state index is 12.0. The van der Waals surface area contributed by atoms with Crippen molar-refractivity contribution in [2.75, 3.05) is 19.6 Å². The third-order valence-corrected chi connectivity index (χ3v) is 4.54. The van der Waals surface area contributed by atoms with Crippen molar-refractivity contribution in [1.29, 1.82) is 0 Å². The van der Waals surface area contributed by atoms with Gasteiger partial charge in [-0.2, -0.15) is 5.10 Å². The fraction of sp³-hybridized carbons (Fsp3) is 0.333. The van der Waals surface area contributed by atoms with Crippen LogP contribution in [-0.2, 0) is 6.54 Å². The Hall–Kier alpha value is -2.80. The molecule has 1 aliphatic rings. The van der Waals surface area contributed by atoms with Crippen molar-refractivity contribution in [3.8, 4) is 0 Å². The van der Waals surface area contributed by atoms with Crippen LogP contribution in [-0.4, -0.2) is 50.6 Å². The quantitative estimate of drug-likeness (QED) is 0.739. The first kappa shape index (κ1) is 15.7. The van der Waals surface area contributed by atoms with E-state index < -0.39 is 0 Å². The minimum atomic E-state index is -0.163. The lowest BCUT2D eigenvalue weighted by atomic mass is 10.1. The van der Waals surface area contributed by atoms with Gasteiger partial charge in [-0.1, -0.05) is 12.1 Å². The summed E-state index contributed by atoms with van der Waals surface area (Å²) >= 11 is 0. The van der Waals surface area contributed by atoms with Crippen molar-refractivity contribution in [3.63, 3.8) is 0 Å². The number of hydrogen-bond acceptors (Lipinski definition) is 5. The zero-order chi connectivity index (χ0) is 17.1. The Balaban J connectivity index is 1.29. The standard InChI is InChI=1S/C18H20N6O/c25-18(16-6-3-8-20-23-16)19-10-13-7-9-24(11-13)12-17-21-14-4-1-2-5-15(14)22-17/h1-6,8,13H,7,9-12H2,(H,19,25)(H,21,22). The fourth-order valence-corrected chi connectivity index (χ4v) is 3.27. The van der Waals surface area contributed by atoms with Gasteiger partial charge in [0.2, 0.25) is 0 Å². The van der Waals surface area contributed by atoms with E-state index >= 15 is 0 Å². The largest absolute Gasteiger partial charge is 0.350 e. The first-order chi connectivity index (χ1) is 12.3. The maximum Gasteiger partial charge on any atom is 0.271 e. The molecule has 0 bridgehead atoms. The molecule has 128 valence electrons. The number of aromatic amines is 1. The normalized spacial score (nSPS) is 17.8. The third-order valence-electron chi connectivity index (χ3n) is 4.54. The number of rotatable bonds is 5. The number of carbonyl (C=O) groups is 1. The number of benzene rings is 1. The molecule has 4 rings (SSSR count). The van der Waals surface area contributed by atoms with Crippen molar-refractivity contribution in [1.82, 2.24) is 30.4 Å². The first-order valence-electron chi connectivity index (χ1n) is 8.50. The summed E-state index contributed by atoms with van der Waals surface area (Å²) in [7, 11) is 0. The Bertz CT molecular complexity index is 829. The fourth-order valence-electron chi connectivity index (χ4n) is 3.27. The Kier molecular flexibility index (Phi) is 4.39. The highest BCUT2D eigenvalue weighted by Gasteiger charge is 2.24. The van der Waals surface area contributed by atoms with Gasteiger partial charge in [-0.25, -0.2) is 4.98 Å². The van der Waals surface area contributed by atoms with Crippen molar-refractivity contribution in [2.45, 2.75) is 13.0 Å². The van der Waals surface area contributed by atoms with Gasteiger partial charge < -0.3 is 10.3 Å². The van der Waals surface area contributed by atoms with Crippen LogP contribution in [0.4, 0.5) is 0 Å². The zero-order valence-electron chi connectivity index (χ0n) is 13.9. The highest BCUT2D eigenvalue weighted by atomic mass is 16.1. The Morgan fingerprint density at radius 3 is 3.04 bits per heavy atom. The van der Waals surface area contributed by atoms with Crippen molar-refractivity contribution in [2.24, 2.45) is 5.92 Å². The number of para-hydroxylation sites is 2. The molecule has 1 amide bonds. The Morgan fingerprint density at radius 2 is 2.20 bits per heavy atom. The average Bonchev–Trinajstić information content (AvgIpc) is 3.26. The molecule has 0 saturated carbocycles. The molecular formula is C18H20N6O. The number of H-pyrrole nitrogens is 1. The summed E-state index contributed by atoms with van der Waals surface area (Å²) in [6.45, 7) is 3.44. The molecule has 0 radical (unpaired) electrons. The number of aromatic nitrogens is 4. The van der Waals surface area contributed by atoms with Gasteiger partial charge in [0, 0.05) is 19.3 Å². The van der Waals surface area contributed by atoms with Crippen LogP contribution in [0.3, 0.4) is 0 Å². The van der Waals surface area contributed by atoms with Gasteiger partial charge in [-0.05, 0) is 43.1 Å². The number of likely N-dealkylation sites (tertiary alicyclic amines) is 1. The van der Waals surface area contributed by atoms with E-state index in [9.17, 15) is 4.79 Å². The van der Waals surface area contributed by atoms with Crippen LogP contribution in [0.1, 0.15) is 22.7 Å². The summed E-state index contributed by atoms with van der Waals surface area (Å²) < 4.78 is 0. The predicted octanol–water partition coefficient (Wildman–Crippen LogP) is 1.60. The topological polar surface area (TPSA) is 86.8 Å². The van der Waals surface area contributed by atoms with E-state index in [2.05, 4.69) is 30.4 Å². The van der Waals surface area contributed by atoms with Crippen LogP contribution in [0.2, 0.25) is 0 Å². The Labute approximate surface area is 145 Å². The second-order valence-corrected chi connectivity index (χ2v) is 6.41. The van der Waals surface area contributed by atoms with Gasteiger partial charge in [-0.15, -0.1) is 5.10 Å². The molecular weight excluding hydrogens is 316 g/mol. The van der Waals surface area contributed by atoms with Crippen LogP contribution in [0.15, 0.2) is 42.6 Å². The van der Waals surface area contributed by atoms with E-state index in [1.807, 2.05) is 24.3 Å². The van der Waals surface area contributed by atoms with Crippen LogP contribution in [0.5, 0.6) is 0 Å². The number of carbonyl (C=O) groups excluding carboxylic acids is 1. The molecule has 3 heterocycles. The van der Waals surface area contributed by atoms with Crippen LogP contribution < -0.4 is 5.32 Å². The molecule has 1 aromatic carbocycles. The lowest BCUT2D eigenvalue weighted by molar-refractivity contribution is 0.0941. The van der Waals surface area contributed by atoms with E-state index in [-0.39, 0.29) is 5.91 Å². The first-order valence-corrected chi connectivity index (χ1v) is 8.50. The van der Waals surface area contributed by atoms with Gasteiger partial charge in [0.05, 0.1) is 17.6 Å². The average molecular weight is 336 g/mol. The number of hydrogen-bond donors (Lipinski definition) is 2. The molecule has 1 fully saturated rings. The second kappa shape index (κ2) is 6.98. The summed E-state index contributed by atoms with van der Waals surface area (Å²) in [6.07, 6.45) is 2.63. The van der Waals surface area contributed by atoms with E-state index in [1.165, 1.54) is 0 Å². The number of imidazole rings is 1. The molecule has 1 saturated heterocycles. The molecule has 1 unspecified atom stereocenters. The summed E-state index contributed by atoms with van der Waals surface area (Å²) in [5.74, 6) is 1.28. The molecule has 0 spiro atoms. The van der Waals surface area contributed by atoms with Crippen molar-refractivity contribution < 1.29 is 4.79 Å². The number of fused-ring (bicyclic) bond motifs is 1. The van der Waals surface area contributed by atoms with Gasteiger partial charge in [0.1, 0.15) is 5.82 Å². The maximum atomic E-state index is 12.0. The monoisotopic (exact) mass is 336 g/mol. The summed E-state index contributed by atoms with van der Waals surface area (Å²) in [5.41, 5.74) is 2.44. The predicted molar refractivity (Wildman–Crippen MR) is 93.8 cm³/mol. The lowest BCUT2D eigenvalue weighted by Crippen LogP contribution is -2.31. The molecule has 2 aromatic heterocycles. The third kappa shape index (κ3) is 3.66. The summed E-state index contributed by atoms with van der Waals surface area (Å²) in [6, 6.07) is 11.5. The number of nitrogens with one attached hydrogen (secondary N) is 2. The van der Waals surface area contributed by atoms with Gasteiger partial charge in [-0.3, -0.25) is 9.69 Å². The van der Waals surface area contributed by atoms with Crippen LogP contribution in [0, 0.1) is 5.92 Å². The van der Waals surface area contributed by atoms with E-state index in [0.717, 1.165) is 42.9 Å². The molecule has 2 N–H and O–H groups in total. The van der Waals surface area contributed by atoms with E-state index in [0.29, 0.717) is 18.2 Å². The van der Waals surface area contributed by atoms with Gasteiger partial charge >= 0.3 is 0 Å². The second-order valence-electron chi connectivity index (χ2n) is 6.41. The molecule has 0 aliphatic carbocycles. The molecule has 1 atom stereocenters.